The van der Waals surface area contributed by atoms with E-state index in [0.29, 0.717) is 12.1 Å². The van der Waals surface area contributed by atoms with Crippen LogP contribution in [0.15, 0.2) is 6.07 Å². The fourth-order valence-corrected chi connectivity index (χ4v) is 3.49. The zero-order chi connectivity index (χ0) is 14.7. The minimum absolute atomic E-state index is 0.336. The van der Waals surface area contributed by atoms with Crippen LogP contribution in [0.3, 0.4) is 0 Å². The standard InChI is InChI=1S/C15H24N4S/c1-6-14-17-12(5)15(20-14)11(4)16-9(2)7-13-8-10(3)18-19-13/h8-9,11,16H,6-7H2,1-5H3,(H,18,19)/t9-,11+/m1/s1. The Morgan fingerprint density at radius 3 is 2.65 bits per heavy atom. The molecule has 4 nitrogen and oxygen atoms in total. The lowest BCUT2D eigenvalue weighted by molar-refractivity contribution is 0.477. The predicted molar refractivity (Wildman–Crippen MR) is 84.3 cm³/mol. The van der Waals surface area contributed by atoms with E-state index in [1.54, 1.807) is 0 Å². The summed E-state index contributed by atoms with van der Waals surface area (Å²) in [6.45, 7) is 10.7. The number of hydrogen-bond acceptors (Lipinski definition) is 4. The minimum atomic E-state index is 0.336. The van der Waals surface area contributed by atoms with Crippen molar-refractivity contribution in [2.24, 2.45) is 0 Å². The molecule has 20 heavy (non-hydrogen) atoms. The fourth-order valence-electron chi connectivity index (χ4n) is 2.47. The third kappa shape index (κ3) is 3.67. The SMILES string of the molecule is CCc1nc(C)c([C@H](C)N[C@H](C)Cc2cc(C)[nH]n2)s1. The number of aromatic amines is 1. The van der Waals surface area contributed by atoms with E-state index < -0.39 is 0 Å². The molecule has 0 saturated heterocycles. The van der Waals surface area contributed by atoms with Crippen LogP contribution in [0, 0.1) is 13.8 Å². The molecule has 0 aliphatic carbocycles. The number of thiazole rings is 1. The summed E-state index contributed by atoms with van der Waals surface area (Å²) in [5, 5.41) is 12.2. The highest BCUT2D eigenvalue weighted by Crippen LogP contribution is 2.25. The van der Waals surface area contributed by atoms with Gasteiger partial charge in [-0.1, -0.05) is 6.92 Å². The molecule has 0 bridgehead atoms. The Balaban J connectivity index is 1.96. The highest BCUT2D eigenvalue weighted by atomic mass is 32.1. The Bertz CT molecular complexity index is 558. The van der Waals surface area contributed by atoms with E-state index in [0.717, 1.165) is 29.9 Å². The van der Waals surface area contributed by atoms with Gasteiger partial charge < -0.3 is 5.32 Å². The van der Waals surface area contributed by atoms with Gasteiger partial charge in [-0.25, -0.2) is 4.98 Å². The van der Waals surface area contributed by atoms with E-state index in [2.05, 4.69) is 54.3 Å². The Morgan fingerprint density at radius 2 is 2.10 bits per heavy atom. The lowest BCUT2D eigenvalue weighted by atomic mass is 10.1. The van der Waals surface area contributed by atoms with Crippen molar-refractivity contribution in [2.45, 2.75) is 59.5 Å². The van der Waals surface area contributed by atoms with Crippen molar-refractivity contribution >= 4 is 11.3 Å². The summed E-state index contributed by atoms with van der Waals surface area (Å²) in [6, 6.07) is 2.83. The highest BCUT2D eigenvalue weighted by Gasteiger charge is 2.16. The Hall–Kier alpha value is -1.20. The number of nitrogens with one attached hydrogen (secondary N) is 2. The van der Waals surface area contributed by atoms with Crippen molar-refractivity contribution in [1.29, 1.82) is 0 Å². The lowest BCUT2D eigenvalue weighted by Crippen LogP contribution is -2.30. The average molecular weight is 292 g/mol. The van der Waals surface area contributed by atoms with Gasteiger partial charge in [0, 0.05) is 29.1 Å². The van der Waals surface area contributed by atoms with Gasteiger partial charge >= 0.3 is 0 Å². The average Bonchev–Trinajstić information content (AvgIpc) is 2.95. The first kappa shape index (κ1) is 15.2. The van der Waals surface area contributed by atoms with Crippen molar-refractivity contribution in [3.63, 3.8) is 0 Å². The summed E-state index contributed by atoms with van der Waals surface area (Å²) in [4.78, 5) is 5.96. The van der Waals surface area contributed by atoms with Crippen LogP contribution in [0.25, 0.3) is 0 Å². The number of aromatic nitrogens is 3. The fraction of sp³-hybridized carbons (Fsp3) is 0.600. The predicted octanol–water partition coefficient (Wildman–Crippen LogP) is 3.33. The molecule has 0 amide bonds. The molecule has 0 spiro atoms. The van der Waals surface area contributed by atoms with Crippen LogP contribution >= 0.6 is 11.3 Å². The van der Waals surface area contributed by atoms with E-state index in [4.69, 9.17) is 0 Å². The van der Waals surface area contributed by atoms with E-state index >= 15 is 0 Å². The molecule has 2 heterocycles. The molecule has 0 radical (unpaired) electrons. The molecule has 2 aromatic rings. The quantitative estimate of drug-likeness (QED) is 0.858. The van der Waals surface area contributed by atoms with Crippen LogP contribution < -0.4 is 5.32 Å². The molecule has 0 aliphatic rings. The summed E-state index contributed by atoms with van der Waals surface area (Å²) < 4.78 is 0. The molecule has 0 aromatic carbocycles. The van der Waals surface area contributed by atoms with Crippen molar-refractivity contribution in [1.82, 2.24) is 20.5 Å². The molecule has 0 unspecified atom stereocenters. The van der Waals surface area contributed by atoms with Crippen molar-refractivity contribution < 1.29 is 0 Å². The van der Waals surface area contributed by atoms with E-state index in [1.807, 2.05) is 18.3 Å². The molecule has 0 aliphatic heterocycles. The van der Waals surface area contributed by atoms with Crippen LogP contribution in [0.2, 0.25) is 0 Å². The van der Waals surface area contributed by atoms with Gasteiger partial charge in [-0.2, -0.15) is 5.10 Å². The van der Waals surface area contributed by atoms with Gasteiger partial charge in [-0.3, -0.25) is 5.10 Å². The van der Waals surface area contributed by atoms with Gasteiger partial charge in [0.05, 0.1) is 16.4 Å². The number of nitrogens with zero attached hydrogens (tertiary/aromatic N) is 2. The maximum Gasteiger partial charge on any atom is 0.0928 e. The van der Waals surface area contributed by atoms with Gasteiger partial charge in [-0.15, -0.1) is 11.3 Å². The number of aryl methyl sites for hydroxylation is 3. The first-order chi connectivity index (χ1) is 9.49. The molecule has 0 fully saturated rings. The normalized spacial score (nSPS) is 14.4. The van der Waals surface area contributed by atoms with Crippen LogP contribution in [-0.4, -0.2) is 21.2 Å². The molecular weight excluding hydrogens is 268 g/mol. The summed E-state index contributed by atoms with van der Waals surface area (Å²) in [5.41, 5.74) is 3.39. The van der Waals surface area contributed by atoms with Crippen molar-refractivity contribution in [3.05, 3.63) is 33.0 Å². The Morgan fingerprint density at radius 1 is 1.35 bits per heavy atom. The summed E-state index contributed by atoms with van der Waals surface area (Å²) >= 11 is 1.82. The zero-order valence-electron chi connectivity index (χ0n) is 12.9. The monoisotopic (exact) mass is 292 g/mol. The first-order valence-electron chi connectivity index (χ1n) is 7.22. The van der Waals surface area contributed by atoms with Gasteiger partial charge in [0.2, 0.25) is 0 Å². The van der Waals surface area contributed by atoms with Crippen LogP contribution in [-0.2, 0) is 12.8 Å². The number of hydrogen-bond donors (Lipinski definition) is 2. The summed E-state index contributed by atoms with van der Waals surface area (Å²) in [5.74, 6) is 0. The minimum Gasteiger partial charge on any atom is -0.306 e. The van der Waals surface area contributed by atoms with Crippen molar-refractivity contribution in [2.75, 3.05) is 0 Å². The van der Waals surface area contributed by atoms with E-state index in [1.165, 1.54) is 9.88 Å². The summed E-state index contributed by atoms with van der Waals surface area (Å²) in [7, 11) is 0. The molecule has 0 saturated carbocycles. The molecule has 5 heteroatoms. The van der Waals surface area contributed by atoms with E-state index in [-0.39, 0.29) is 0 Å². The number of H-pyrrole nitrogens is 1. The second-order valence-electron chi connectivity index (χ2n) is 5.45. The maximum absolute atomic E-state index is 4.61. The largest absolute Gasteiger partial charge is 0.306 e. The van der Waals surface area contributed by atoms with Gasteiger partial charge in [0.1, 0.15) is 0 Å². The second-order valence-corrected chi connectivity index (χ2v) is 6.56. The second kappa shape index (κ2) is 6.50. The molecule has 2 rings (SSSR count). The van der Waals surface area contributed by atoms with Crippen molar-refractivity contribution in [3.8, 4) is 0 Å². The summed E-state index contributed by atoms with van der Waals surface area (Å²) in [6.07, 6.45) is 1.95. The Labute approximate surface area is 125 Å². The maximum atomic E-state index is 4.61. The molecule has 110 valence electrons. The first-order valence-corrected chi connectivity index (χ1v) is 8.04. The van der Waals surface area contributed by atoms with Crippen LogP contribution in [0.5, 0.6) is 0 Å². The van der Waals surface area contributed by atoms with Crippen LogP contribution in [0.4, 0.5) is 0 Å². The van der Waals surface area contributed by atoms with E-state index in [9.17, 15) is 0 Å². The topological polar surface area (TPSA) is 53.6 Å². The lowest BCUT2D eigenvalue weighted by Gasteiger charge is -2.18. The smallest absolute Gasteiger partial charge is 0.0928 e. The highest BCUT2D eigenvalue weighted by molar-refractivity contribution is 7.11. The van der Waals surface area contributed by atoms with Gasteiger partial charge in [-0.05, 0) is 40.2 Å². The molecule has 2 N–H and O–H groups in total. The third-order valence-corrected chi connectivity index (χ3v) is 4.87. The molecule has 2 aromatic heterocycles. The third-order valence-electron chi connectivity index (χ3n) is 3.38. The number of rotatable bonds is 6. The van der Waals surface area contributed by atoms with Gasteiger partial charge in [0.15, 0.2) is 0 Å². The van der Waals surface area contributed by atoms with Gasteiger partial charge in [0.25, 0.3) is 0 Å². The molecule has 2 atom stereocenters. The Kier molecular flexibility index (Phi) is 4.94. The molecular formula is C15H24N4S. The zero-order valence-corrected chi connectivity index (χ0v) is 13.8. The van der Waals surface area contributed by atoms with Crippen LogP contribution in [0.1, 0.15) is 53.8 Å².